The smallest absolute Gasteiger partial charge is 0.497 e. The third kappa shape index (κ3) is 10.8. The molecule has 0 saturated carbocycles. The molecular weight excluding hydrogens is 1150 g/mol. The van der Waals surface area contributed by atoms with Crippen LogP contribution in [0.1, 0.15) is 127 Å². The number of methoxy groups -OCH3 is 2. The highest BCUT2D eigenvalue weighted by Crippen LogP contribution is 2.61. The largest absolute Gasteiger partial charge is 0.532 e. The molecule has 0 bridgehead atoms. The molecule has 0 saturated heterocycles. The molecule has 10 aromatic rings. The molecule has 17 heteroatoms. The zero-order valence-electron chi connectivity index (χ0n) is 50.7. The van der Waals surface area contributed by atoms with Crippen molar-refractivity contribution in [1.82, 2.24) is 0 Å². The number of hydrogen-bond acceptors (Lipinski definition) is 14. The molecule has 0 radical (unpaired) electrons. The van der Waals surface area contributed by atoms with E-state index in [9.17, 15) is 15.0 Å². The third-order valence-electron chi connectivity index (χ3n) is 15.6. The van der Waals surface area contributed by atoms with Gasteiger partial charge in [-0.1, -0.05) is 138 Å². The molecule has 0 aliphatic carbocycles. The van der Waals surface area contributed by atoms with E-state index in [2.05, 4.69) is 89.2 Å². The van der Waals surface area contributed by atoms with Crippen LogP contribution in [0.5, 0.6) is 46.0 Å². The van der Waals surface area contributed by atoms with Crippen LogP contribution in [-0.2, 0) is 39.4 Å². The second kappa shape index (κ2) is 21.9. The Labute approximate surface area is 503 Å². The molecule has 2 aliphatic heterocycles. The van der Waals surface area contributed by atoms with Crippen molar-refractivity contribution >= 4 is 85.7 Å². The quantitative estimate of drug-likeness (QED) is 0.0927. The number of carbonyl (C=O) groups excluding carboxylic acids is 1. The molecule has 444 valence electrons. The highest BCUT2D eigenvalue weighted by Gasteiger charge is 2.40. The van der Waals surface area contributed by atoms with Gasteiger partial charge in [0.1, 0.15) is 51.2 Å². The topological polar surface area (TPSA) is 167 Å². The number of fused-ring (bicyclic) bond motifs is 8. The van der Waals surface area contributed by atoms with Crippen LogP contribution in [0.15, 0.2) is 136 Å². The fourth-order valence-corrected chi connectivity index (χ4v) is 14.4. The van der Waals surface area contributed by atoms with Crippen LogP contribution in [0.25, 0.3) is 65.4 Å². The van der Waals surface area contributed by atoms with Gasteiger partial charge < -0.3 is 59.7 Å². The first-order chi connectivity index (χ1) is 40.8. The monoisotopic (exact) mass is 1210 g/mol. The van der Waals surface area contributed by atoms with Gasteiger partial charge in [-0.3, -0.25) is 0 Å². The number of hydrogen-bond donors (Lipinski definition) is 2. The molecule has 9 aromatic carbocycles. The summed E-state index contributed by atoms with van der Waals surface area (Å²) in [5.74, 6) is 3.12. The predicted octanol–water partition coefficient (Wildman–Crippen LogP) is 19.4. The average Bonchev–Trinajstić information content (AvgIpc) is 1.24. The molecule has 3 heterocycles. The van der Waals surface area contributed by atoms with Crippen LogP contribution in [0, 0.1) is 0 Å². The van der Waals surface area contributed by atoms with Crippen LogP contribution in [0.4, 0.5) is 0 Å². The van der Waals surface area contributed by atoms with Crippen molar-refractivity contribution in [3.8, 4) is 57.1 Å². The molecule has 12 rings (SSSR count). The Morgan fingerprint density at radius 1 is 0.442 bits per heavy atom. The summed E-state index contributed by atoms with van der Waals surface area (Å²) < 4.78 is 74.5. The molecule has 0 amide bonds. The Balaban J connectivity index is 1.03. The fourth-order valence-electron chi connectivity index (χ4n) is 11.2. The van der Waals surface area contributed by atoms with Crippen LogP contribution < -0.4 is 36.6 Å². The maximum Gasteiger partial charge on any atom is 0.532 e. The van der Waals surface area contributed by atoms with Gasteiger partial charge in [0.2, 0.25) is 0 Å². The van der Waals surface area contributed by atoms with Gasteiger partial charge in [-0.25, -0.2) is 4.79 Å². The molecule has 0 spiro atoms. The van der Waals surface area contributed by atoms with Crippen LogP contribution >= 0.6 is 25.4 Å². The maximum absolute atomic E-state index is 13.9. The molecule has 2 N–H and O–H groups in total. The second-order valence-corrected chi connectivity index (χ2v) is 28.8. The van der Waals surface area contributed by atoms with E-state index in [1.807, 2.05) is 115 Å². The number of ether oxygens (including phenoxy) is 2. The molecule has 1 aromatic heterocycles. The molecule has 2 atom stereocenters. The van der Waals surface area contributed by atoms with Gasteiger partial charge >= 0.3 is 31.4 Å². The van der Waals surface area contributed by atoms with Crippen molar-refractivity contribution in [3.63, 3.8) is 0 Å². The highest BCUT2D eigenvalue weighted by molar-refractivity contribution is 7.43. The van der Waals surface area contributed by atoms with Gasteiger partial charge in [0.15, 0.2) is 11.5 Å². The summed E-state index contributed by atoms with van der Waals surface area (Å²) in [5.41, 5.74) is 5.10. The lowest BCUT2D eigenvalue weighted by Gasteiger charge is -2.32. The van der Waals surface area contributed by atoms with Crippen molar-refractivity contribution in [2.45, 2.75) is 118 Å². The highest BCUT2D eigenvalue weighted by atomic mass is 31.2. The summed E-state index contributed by atoms with van der Waals surface area (Å²) in [4.78, 5) is 13.9. The zero-order chi connectivity index (χ0) is 60.9. The summed E-state index contributed by atoms with van der Waals surface area (Å²) in [6, 6.07) is 40.5. The van der Waals surface area contributed by atoms with E-state index in [1.54, 1.807) is 20.3 Å². The minimum atomic E-state index is -2.37. The summed E-state index contributed by atoms with van der Waals surface area (Å²) >= 11 is 0. The van der Waals surface area contributed by atoms with Crippen LogP contribution in [-0.4, -0.2) is 30.4 Å². The SMILES string of the molecule is COc1cc(-c2cc(OC)cc(C(C)(C)C)c2OP2Oc3cccc4cc5cccc(Op6oc7c(C(C)(C)C)cc(CO)cc7c7cc(CO)cc(C(C)(C)C)c7o6)c5c(c34)O2)c(OP2OC(=O)c3ccc4ccccc4c3O2)c(C(C)(C)C)c1. The van der Waals surface area contributed by atoms with Gasteiger partial charge in [0.05, 0.1) is 38.2 Å². The summed E-state index contributed by atoms with van der Waals surface area (Å²) in [6.45, 7) is 24.7. The Hall–Kier alpha value is -7.69. The Morgan fingerprint density at radius 2 is 0.942 bits per heavy atom. The lowest BCUT2D eigenvalue weighted by atomic mass is 9.81. The fraction of sp³-hybridized carbons (Fsp3) is 0.290. The lowest BCUT2D eigenvalue weighted by molar-refractivity contribution is 0.0698. The van der Waals surface area contributed by atoms with E-state index in [1.165, 1.54) is 0 Å². The normalized spacial score (nSPS) is 15.2. The number of benzene rings is 9. The van der Waals surface area contributed by atoms with Crippen LogP contribution in [0.3, 0.4) is 0 Å². The second-order valence-electron chi connectivity index (χ2n) is 25.8. The van der Waals surface area contributed by atoms with E-state index in [-0.39, 0.29) is 13.2 Å². The van der Waals surface area contributed by atoms with Gasteiger partial charge in [0.25, 0.3) is 0 Å². The number of aliphatic hydroxyl groups excluding tert-OH is 2. The molecule has 0 fully saturated rings. The standard InChI is InChI=1S/C69H69O14P3/c1-66(2,3)51-29-38(36-70)27-47-48-28-39(37-71)30-52(67(4,5)6)61(48)79-84(78-60(47)51)75-55-23-17-20-41-31-42-21-18-24-56-58(42)64(57(41)55)82-85(76-56)80-62-49(32-43(73-13)34-53(62)68(7,8)9)50-33-44(74-14)35-54(69(10,11)12)63(50)81-86-77-59-45-22-16-15-19-40(45)25-26-46(59)65(72)83-86/h15-35,70-71H,36-37H2,1-14H3. The first-order valence-electron chi connectivity index (χ1n) is 28.4. The Bertz CT molecular complexity index is 4340. The summed E-state index contributed by atoms with van der Waals surface area (Å²) in [7, 11) is -3.77. The van der Waals surface area contributed by atoms with E-state index in [0.29, 0.717) is 95.8 Å². The number of aliphatic hydroxyl groups is 2. The first-order valence-corrected chi connectivity index (χ1v) is 31.7. The van der Waals surface area contributed by atoms with Gasteiger partial charge in [0, 0.05) is 49.5 Å². The van der Waals surface area contributed by atoms with E-state index in [0.717, 1.165) is 54.6 Å². The minimum absolute atomic E-state index is 0.191. The summed E-state index contributed by atoms with van der Waals surface area (Å²) in [6.07, 6.45) is 0. The van der Waals surface area contributed by atoms with Crippen molar-refractivity contribution in [2.75, 3.05) is 14.2 Å². The Morgan fingerprint density at radius 3 is 1.48 bits per heavy atom. The van der Waals surface area contributed by atoms with Gasteiger partial charge in [-0.05, 0) is 122 Å². The molecular formula is C69H69O14P3. The molecule has 2 aliphatic rings. The van der Waals surface area contributed by atoms with Crippen molar-refractivity contribution in [1.29, 1.82) is 0 Å². The van der Waals surface area contributed by atoms with E-state index >= 15 is 0 Å². The molecule has 14 nitrogen and oxygen atoms in total. The zero-order valence-corrected chi connectivity index (χ0v) is 53.4. The Kier molecular flexibility index (Phi) is 15.0. The van der Waals surface area contributed by atoms with Gasteiger partial charge in [-0.15, -0.1) is 0 Å². The maximum atomic E-state index is 13.9. The van der Waals surface area contributed by atoms with Crippen molar-refractivity contribution in [3.05, 3.63) is 166 Å². The third-order valence-corrected chi connectivity index (χ3v) is 18.5. The molecule has 86 heavy (non-hydrogen) atoms. The van der Waals surface area contributed by atoms with Gasteiger partial charge in [-0.2, -0.15) is 0 Å². The number of carbonyl (C=O) groups is 1. The summed E-state index contributed by atoms with van der Waals surface area (Å²) in [5, 5.41) is 27.4. The van der Waals surface area contributed by atoms with E-state index < -0.39 is 53.1 Å². The van der Waals surface area contributed by atoms with E-state index in [4.69, 9.17) is 49.5 Å². The minimum Gasteiger partial charge on any atom is -0.497 e. The van der Waals surface area contributed by atoms with Crippen molar-refractivity contribution < 1.29 is 64.5 Å². The first kappa shape index (κ1) is 58.7. The lowest BCUT2D eigenvalue weighted by Crippen LogP contribution is -2.18. The average molecular weight is 1220 g/mol. The molecule has 2 unspecified atom stereocenters. The predicted molar refractivity (Wildman–Crippen MR) is 342 cm³/mol. The van der Waals surface area contributed by atoms with Crippen molar-refractivity contribution in [2.24, 2.45) is 0 Å². The number of rotatable bonds is 11. The van der Waals surface area contributed by atoms with Crippen LogP contribution in [0.2, 0.25) is 0 Å².